The molecule has 5 rings (SSSR count). The Balaban J connectivity index is 1.48. The summed E-state index contributed by atoms with van der Waals surface area (Å²) in [5.74, 6) is 1.12. The van der Waals surface area contributed by atoms with Crippen LogP contribution in [0.15, 0.2) is 48.5 Å². The third kappa shape index (κ3) is 4.87. The van der Waals surface area contributed by atoms with Crippen LogP contribution < -0.4 is 4.90 Å². The number of anilines is 1. The van der Waals surface area contributed by atoms with Crippen molar-refractivity contribution in [1.29, 1.82) is 0 Å². The molecule has 36 heavy (non-hydrogen) atoms. The number of rotatable bonds is 4. The minimum atomic E-state index is -0.0727. The van der Waals surface area contributed by atoms with Crippen LogP contribution in [0.1, 0.15) is 48.8 Å². The number of halogens is 1. The van der Waals surface area contributed by atoms with Crippen molar-refractivity contribution in [3.63, 3.8) is 0 Å². The van der Waals surface area contributed by atoms with Crippen molar-refractivity contribution >= 4 is 23.1 Å². The highest BCUT2D eigenvalue weighted by Crippen LogP contribution is 2.34. The standard InChI is InChI=1S/C30H36ClN5/c1-20-7-8-24(21(2)17-20)19-34-13-15-35(16-14-34)27-18-26(30(4,5)6)32-29-28(22(3)33-36(27)29)23-9-11-25(31)12-10-23/h7-12,17-18H,13-16,19H2,1-6H3. The molecule has 2 aromatic carbocycles. The lowest BCUT2D eigenvalue weighted by molar-refractivity contribution is 0.248. The molecule has 0 unspecified atom stereocenters. The Morgan fingerprint density at radius 3 is 2.22 bits per heavy atom. The largest absolute Gasteiger partial charge is 0.354 e. The zero-order valence-corrected chi connectivity index (χ0v) is 23.0. The van der Waals surface area contributed by atoms with Crippen molar-refractivity contribution in [3.8, 4) is 11.1 Å². The molecule has 0 saturated carbocycles. The van der Waals surface area contributed by atoms with Crippen LogP contribution in [-0.2, 0) is 12.0 Å². The highest BCUT2D eigenvalue weighted by atomic mass is 35.5. The van der Waals surface area contributed by atoms with Crippen LogP contribution in [0.25, 0.3) is 16.8 Å². The lowest BCUT2D eigenvalue weighted by Gasteiger charge is -2.36. The van der Waals surface area contributed by atoms with E-state index < -0.39 is 0 Å². The number of hydrogen-bond donors (Lipinski definition) is 0. The quantitative estimate of drug-likeness (QED) is 0.316. The van der Waals surface area contributed by atoms with Crippen molar-refractivity contribution in [1.82, 2.24) is 19.5 Å². The fourth-order valence-corrected chi connectivity index (χ4v) is 5.20. The Labute approximate surface area is 219 Å². The van der Waals surface area contributed by atoms with E-state index in [-0.39, 0.29) is 5.41 Å². The van der Waals surface area contributed by atoms with Crippen molar-refractivity contribution in [2.75, 3.05) is 31.1 Å². The first-order chi connectivity index (χ1) is 17.1. The summed E-state index contributed by atoms with van der Waals surface area (Å²) in [5, 5.41) is 5.71. The van der Waals surface area contributed by atoms with Crippen LogP contribution in [0.4, 0.5) is 5.82 Å². The summed E-state index contributed by atoms with van der Waals surface area (Å²) in [4.78, 5) is 10.2. The monoisotopic (exact) mass is 501 g/mol. The van der Waals surface area contributed by atoms with Crippen molar-refractivity contribution in [2.24, 2.45) is 0 Å². The van der Waals surface area contributed by atoms with E-state index in [1.807, 2.05) is 16.6 Å². The molecular weight excluding hydrogens is 466 g/mol. The molecule has 0 spiro atoms. The van der Waals surface area contributed by atoms with E-state index >= 15 is 0 Å². The number of benzene rings is 2. The molecular formula is C30H36ClN5. The molecule has 0 radical (unpaired) electrons. The summed E-state index contributed by atoms with van der Waals surface area (Å²) in [6, 6.07) is 17.0. The zero-order chi connectivity index (χ0) is 25.6. The van der Waals surface area contributed by atoms with Gasteiger partial charge in [0.15, 0.2) is 5.65 Å². The Morgan fingerprint density at radius 1 is 0.889 bits per heavy atom. The number of aryl methyl sites for hydroxylation is 3. The molecule has 3 heterocycles. The molecule has 1 fully saturated rings. The normalized spacial score (nSPS) is 15.1. The van der Waals surface area contributed by atoms with Crippen molar-refractivity contribution in [3.05, 3.63) is 81.6 Å². The van der Waals surface area contributed by atoms with Crippen molar-refractivity contribution in [2.45, 2.75) is 53.5 Å². The number of aromatic nitrogens is 3. The second-order valence-corrected chi connectivity index (χ2v) is 11.6. The molecule has 0 atom stereocenters. The van der Waals surface area contributed by atoms with Gasteiger partial charge < -0.3 is 4.90 Å². The third-order valence-electron chi connectivity index (χ3n) is 7.23. The molecule has 5 nitrogen and oxygen atoms in total. The number of fused-ring (bicyclic) bond motifs is 1. The van der Waals surface area contributed by atoms with Crippen molar-refractivity contribution < 1.29 is 0 Å². The summed E-state index contributed by atoms with van der Waals surface area (Å²) in [6.07, 6.45) is 0. The van der Waals surface area contributed by atoms with E-state index in [2.05, 4.69) is 87.7 Å². The molecule has 1 aliphatic rings. The summed E-state index contributed by atoms with van der Waals surface area (Å²) in [6.45, 7) is 18.1. The lowest BCUT2D eigenvalue weighted by Crippen LogP contribution is -2.46. The number of nitrogens with zero attached hydrogens (tertiary/aromatic N) is 5. The maximum atomic E-state index is 6.17. The first-order valence-electron chi connectivity index (χ1n) is 12.8. The topological polar surface area (TPSA) is 36.7 Å². The molecule has 0 N–H and O–H groups in total. The van der Waals surface area contributed by atoms with Gasteiger partial charge in [0.05, 0.1) is 11.4 Å². The van der Waals surface area contributed by atoms with Crippen LogP contribution in [0, 0.1) is 20.8 Å². The van der Waals surface area contributed by atoms with Gasteiger partial charge in [-0.3, -0.25) is 4.90 Å². The molecule has 0 bridgehead atoms. The van der Waals surface area contributed by atoms with Crippen LogP contribution >= 0.6 is 11.6 Å². The summed E-state index contributed by atoms with van der Waals surface area (Å²) >= 11 is 6.17. The molecule has 2 aromatic heterocycles. The molecule has 0 amide bonds. The SMILES string of the molecule is Cc1ccc(CN2CCN(c3cc(C(C)(C)C)nc4c(-c5ccc(Cl)cc5)c(C)nn34)CC2)c(C)c1. The fourth-order valence-electron chi connectivity index (χ4n) is 5.07. The van der Waals surface area contributed by atoms with Gasteiger partial charge >= 0.3 is 0 Å². The molecule has 188 valence electrons. The first-order valence-corrected chi connectivity index (χ1v) is 13.2. The minimum absolute atomic E-state index is 0.0727. The maximum absolute atomic E-state index is 6.17. The van der Waals surface area contributed by atoms with E-state index in [1.54, 1.807) is 0 Å². The van der Waals surface area contributed by atoms with Gasteiger partial charge in [-0.2, -0.15) is 9.61 Å². The number of hydrogen-bond acceptors (Lipinski definition) is 4. The molecule has 4 aromatic rings. The summed E-state index contributed by atoms with van der Waals surface area (Å²) in [7, 11) is 0. The Morgan fingerprint density at radius 2 is 1.58 bits per heavy atom. The smallest absolute Gasteiger partial charge is 0.165 e. The van der Waals surface area contributed by atoms with E-state index in [9.17, 15) is 0 Å². The third-order valence-corrected chi connectivity index (χ3v) is 7.49. The predicted octanol–water partition coefficient (Wildman–Crippen LogP) is 6.59. The van der Waals surface area contributed by atoms with Crippen LogP contribution in [-0.4, -0.2) is 45.7 Å². The molecule has 1 aliphatic heterocycles. The zero-order valence-electron chi connectivity index (χ0n) is 22.3. The van der Waals surface area contributed by atoms with Gasteiger partial charge in [-0.1, -0.05) is 68.3 Å². The van der Waals surface area contributed by atoms with Gasteiger partial charge in [-0.15, -0.1) is 0 Å². The predicted molar refractivity (Wildman–Crippen MR) is 150 cm³/mol. The van der Waals surface area contributed by atoms with Gasteiger partial charge in [0.1, 0.15) is 5.82 Å². The summed E-state index contributed by atoms with van der Waals surface area (Å²) in [5.41, 5.74) is 9.19. The van der Waals surface area contributed by atoms with Gasteiger partial charge in [-0.25, -0.2) is 4.98 Å². The molecule has 1 saturated heterocycles. The molecule has 6 heteroatoms. The van der Waals surface area contributed by atoms with Gasteiger partial charge in [0.2, 0.25) is 0 Å². The summed E-state index contributed by atoms with van der Waals surface area (Å²) < 4.78 is 2.05. The van der Waals surface area contributed by atoms with Crippen LogP contribution in [0.2, 0.25) is 5.02 Å². The second kappa shape index (κ2) is 9.53. The highest BCUT2D eigenvalue weighted by Gasteiger charge is 2.26. The fraction of sp³-hybridized carbons (Fsp3) is 0.400. The van der Waals surface area contributed by atoms with Gasteiger partial charge in [0, 0.05) is 54.8 Å². The maximum Gasteiger partial charge on any atom is 0.165 e. The average molecular weight is 502 g/mol. The molecule has 0 aliphatic carbocycles. The van der Waals surface area contributed by atoms with E-state index in [0.717, 1.165) is 71.7 Å². The minimum Gasteiger partial charge on any atom is -0.354 e. The van der Waals surface area contributed by atoms with Gasteiger partial charge in [-0.05, 0) is 49.6 Å². The van der Waals surface area contributed by atoms with Crippen LogP contribution in [0.3, 0.4) is 0 Å². The highest BCUT2D eigenvalue weighted by molar-refractivity contribution is 6.30. The van der Waals surface area contributed by atoms with Gasteiger partial charge in [0.25, 0.3) is 0 Å². The number of piperazine rings is 1. The average Bonchev–Trinajstić information content (AvgIpc) is 3.16. The van der Waals surface area contributed by atoms with E-state index in [0.29, 0.717) is 0 Å². The second-order valence-electron chi connectivity index (χ2n) is 11.1. The van der Waals surface area contributed by atoms with Crippen LogP contribution in [0.5, 0.6) is 0 Å². The van der Waals surface area contributed by atoms with E-state index in [4.69, 9.17) is 21.7 Å². The Bertz CT molecular complexity index is 1390. The van der Waals surface area contributed by atoms with E-state index in [1.165, 1.54) is 16.7 Å². The lowest BCUT2D eigenvalue weighted by atomic mass is 9.91. The Hall–Kier alpha value is -2.89. The first kappa shape index (κ1) is 24.8. The Kier molecular flexibility index (Phi) is 6.56.